The van der Waals surface area contributed by atoms with Crippen LogP contribution < -0.4 is 5.56 Å². The summed E-state index contributed by atoms with van der Waals surface area (Å²) in [5, 5.41) is 10.0. The smallest absolute Gasteiger partial charge is 0.261 e. The van der Waals surface area contributed by atoms with E-state index in [0.29, 0.717) is 29.1 Å². The van der Waals surface area contributed by atoms with E-state index in [1.807, 2.05) is 23.1 Å². The lowest BCUT2D eigenvalue weighted by Crippen LogP contribution is -2.36. The fourth-order valence-corrected chi connectivity index (χ4v) is 4.67. The maximum absolute atomic E-state index is 13.0. The van der Waals surface area contributed by atoms with Gasteiger partial charge >= 0.3 is 0 Å². The molecular formula is C21H27N3O3. The van der Waals surface area contributed by atoms with Crippen LogP contribution in [0.2, 0.25) is 0 Å². The van der Waals surface area contributed by atoms with Crippen LogP contribution in [0.4, 0.5) is 0 Å². The van der Waals surface area contributed by atoms with Gasteiger partial charge in [-0.05, 0) is 43.7 Å². The number of hydrogen-bond donors (Lipinski definition) is 1. The van der Waals surface area contributed by atoms with Crippen molar-refractivity contribution in [2.75, 3.05) is 13.2 Å². The van der Waals surface area contributed by atoms with E-state index >= 15 is 0 Å². The first-order chi connectivity index (χ1) is 13.2. The van der Waals surface area contributed by atoms with Crippen LogP contribution in [0.25, 0.3) is 10.9 Å². The molecule has 2 heterocycles. The van der Waals surface area contributed by atoms with E-state index in [2.05, 4.69) is 0 Å². The van der Waals surface area contributed by atoms with Crippen molar-refractivity contribution in [3.63, 3.8) is 0 Å². The van der Waals surface area contributed by atoms with E-state index in [4.69, 9.17) is 4.98 Å². The number of para-hydroxylation sites is 1. The Kier molecular flexibility index (Phi) is 5.25. The Balaban J connectivity index is 1.70. The van der Waals surface area contributed by atoms with E-state index in [-0.39, 0.29) is 30.7 Å². The second-order valence-electron chi connectivity index (χ2n) is 7.77. The van der Waals surface area contributed by atoms with Crippen molar-refractivity contribution >= 4 is 16.8 Å². The first-order valence-electron chi connectivity index (χ1n) is 10.1. The third-order valence-electron chi connectivity index (χ3n) is 6.02. The largest absolute Gasteiger partial charge is 0.395 e. The second-order valence-corrected chi connectivity index (χ2v) is 7.77. The van der Waals surface area contributed by atoms with E-state index < -0.39 is 0 Å². The Morgan fingerprint density at radius 2 is 1.93 bits per heavy atom. The van der Waals surface area contributed by atoms with Crippen molar-refractivity contribution in [2.24, 2.45) is 5.92 Å². The molecule has 1 aromatic carbocycles. The number of aliphatic hydroxyl groups excluding tert-OH is 1. The number of aromatic nitrogens is 2. The van der Waals surface area contributed by atoms with Gasteiger partial charge in [-0.2, -0.15) is 0 Å². The summed E-state index contributed by atoms with van der Waals surface area (Å²) in [6.07, 6.45) is 7.08. The van der Waals surface area contributed by atoms with E-state index in [1.54, 1.807) is 10.6 Å². The van der Waals surface area contributed by atoms with Gasteiger partial charge in [-0.25, -0.2) is 4.98 Å². The molecule has 0 radical (unpaired) electrons. The molecule has 1 N–H and O–H groups in total. The van der Waals surface area contributed by atoms with Gasteiger partial charge in [0, 0.05) is 13.0 Å². The number of carbonyl (C=O) groups excluding carboxylic acids is 1. The van der Waals surface area contributed by atoms with E-state index in [1.165, 1.54) is 12.8 Å². The third kappa shape index (κ3) is 3.50. The monoisotopic (exact) mass is 369 g/mol. The molecule has 1 saturated carbocycles. The average Bonchev–Trinajstić information content (AvgIpc) is 3.35. The van der Waals surface area contributed by atoms with Gasteiger partial charge in [-0.15, -0.1) is 0 Å². The van der Waals surface area contributed by atoms with E-state index in [0.717, 1.165) is 32.2 Å². The molecule has 6 heteroatoms. The number of fused-ring (bicyclic) bond motifs is 1. The van der Waals surface area contributed by atoms with Crippen LogP contribution in [-0.4, -0.2) is 38.6 Å². The van der Waals surface area contributed by atoms with Crippen molar-refractivity contribution in [1.82, 2.24) is 14.5 Å². The number of nitrogens with zero attached hydrogens (tertiary/aromatic N) is 3. The van der Waals surface area contributed by atoms with Crippen molar-refractivity contribution in [2.45, 2.75) is 57.5 Å². The number of benzene rings is 1. The number of carbonyl (C=O) groups is 1. The minimum Gasteiger partial charge on any atom is -0.395 e. The zero-order valence-corrected chi connectivity index (χ0v) is 15.6. The van der Waals surface area contributed by atoms with Crippen LogP contribution >= 0.6 is 0 Å². The molecule has 1 aromatic heterocycles. The standard InChI is InChI=1S/C21H27N3O3/c25-13-12-24-20(22-17-9-4-3-8-16(17)21(24)27)18-10-5-11-23(18)19(26)14-15-6-1-2-7-15/h3-4,8-9,15,18,25H,1-2,5-7,10-14H2. The average molecular weight is 369 g/mol. The molecule has 1 amide bonds. The highest BCUT2D eigenvalue weighted by Crippen LogP contribution is 2.34. The molecule has 1 aliphatic carbocycles. The zero-order chi connectivity index (χ0) is 18.8. The molecule has 2 aliphatic rings. The van der Waals surface area contributed by atoms with Gasteiger partial charge in [0.15, 0.2) is 0 Å². The summed E-state index contributed by atoms with van der Waals surface area (Å²) in [4.78, 5) is 32.6. The molecule has 1 saturated heterocycles. The number of likely N-dealkylation sites (tertiary alicyclic amines) is 1. The number of aliphatic hydroxyl groups is 1. The van der Waals surface area contributed by atoms with Gasteiger partial charge in [-0.1, -0.05) is 25.0 Å². The fourth-order valence-electron chi connectivity index (χ4n) is 4.67. The molecule has 2 fully saturated rings. The Morgan fingerprint density at radius 1 is 1.15 bits per heavy atom. The normalized spacial score (nSPS) is 20.6. The van der Waals surface area contributed by atoms with E-state index in [9.17, 15) is 14.7 Å². The van der Waals surface area contributed by atoms with Crippen LogP contribution in [0.3, 0.4) is 0 Å². The molecule has 27 heavy (non-hydrogen) atoms. The molecular weight excluding hydrogens is 342 g/mol. The van der Waals surface area contributed by atoms with Gasteiger partial charge in [0.25, 0.3) is 5.56 Å². The maximum atomic E-state index is 13.0. The lowest BCUT2D eigenvalue weighted by atomic mass is 10.0. The van der Waals surface area contributed by atoms with Crippen LogP contribution in [-0.2, 0) is 11.3 Å². The maximum Gasteiger partial charge on any atom is 0.261 e. The molecule has 4 rings (SSSR count). The summed E-state index contributed by atoms with van der Waals surface area (Å²) in [6, 6.07) is 7.11. The SMILES string of the molecule is O=C(CC1CCCC1)N1CCCC1c1nc2ccccc2c(=O)n1CCO. The molecule has 1 atom stereocenters. The minimum absolute atomic E-state index is 0.129. The highest BCUT2D eigenvalue weighted by molar-refractivity contribution is 5.78. The first-order valence-corrected chi connectivity index (χ1v) is 10.1. The topological polar surface area (TPSA) is 75.4 Å². The molecule has 1 unspecified atom stereocenters. The molecule has 0 spiro atoms. The van der Waals surface area contributed by atoms with Gasteiger partial charge < -0.3 is 10.0 Å². The minimum atomic E-state index is -0.178. The summed E-state index contributed by atoms with van der Waals surface area (Å²) < 4.78 is 1.56. The molecule has 1 aliphatic heterocycles. The number of rotatable bonds is 5. The van der Waals surface area contributed by atoms with Crippen LogP contribution in [0, 0.1) is 5.92 Å². The highest BCUT2D eigenvalue weighted by atomic mass is 16.3. The molecule has 144 valence electrons. The summed E-state index contributed by atoms with van der Waals surface area (Å²) >= 11 is 0. The fraction of sp³-hybridized carbons (Fsp3) is 0.571. The van der Waals surface area contributed by atoms with Gasteiger partial charge in [0.1, 0.15) is 5.82 Å². The zero-order valence-electron chi connectivity index (χ0n) is 15.6. The summed E-state index contributed by atoms with van der Waals surface area (Å²) in [7, 11) is 0. The quantitative estimate of drug-likeness (QED) is 0.879. The van der Waals surface area contributed by atoms with Crippen LogP contribution in [0.5, 0.6) is 0 Å². The Morgan fingerprint density at radius 3 is 2.70 bits per heavy atom. The second kappa shape index (κ2) is 7.80. The summed E-state index contributed by atoms with van der Waals surface area (Å²) in [5.41, 5.74) is 0.515. The Bertz CT molecular complexity index is 886. The Hall–Kier alpha value is -2.21. The van der Waals surface area contributed by atoms with Gasteiger partial charge in [0.05, 0.1) is 30.1 Å². The van der Waals surface area contributed by atoms with Crippen molar-refractivity contribution in [3.05, 3.63) is 40.4 Å². The van der Waals surface area contributed by atoms with Crippen molar-refractivity contribution in [1.29, 1.82) is 0 Å². The van der Waals surface area contributed by atoms with Crippen LogP contribution in [0.1, 0.15) is 56.8 Å². The first kappa shape index (κ1) is 18.2. The third-order valence-corrected chi connectivity index (χ3v) is 6.02. The summed E-state index contributed by atoms with van der Waals surface area (Å²) in [6.45, 7) is 0.793. The predicted octanol–water partition coefficient (Wildman–Crippen LogP) is 2.63. The molecule has 2 aromatic rings. The molecule has 0 bridgehead atoms. The Labute approximate surface area is 158 Å². The molecule has 6 nitrogen and oxygen atoms in total. The van der Waals surface area contributed by atoms with Crippen LogP contribution in [0.15, 0.2) is 29.1 Å². The lowest BCUT2D eigenvalue weighted by molar-refractivity contribution is -0.133. The van der Waals surface area contributed by atoms with Crippen molar-refractivity contribution < 1.29 is 9.90 Å². The number of amides is 1. The van der Waals surface area contributed by atoms with Crippen molar-refractivity contribution in [3.8, 4) is 0 Å². The summed E-state index contributed by atoms with van der Waals surface area (Å²) in [5.74, 6) is 1.30. The highest BCUT2D eigenvalue weighted by Gasteiger charge is 2.34. The number of hydrogen-bond acceptors (Lipinski definition) is 4. The lowest BCUT2D eigenvalue weighted by Gasteiger charge is -2.27. The van der Waals surface area contributed by atoms with Gasteiger partial charge in [0.2, 0.25) is 5.91 Å². The predicted molar refractivity (Wildman–Crippen MR) is 103 cm³/mol. The van der Waals surface area contributed by atoms with Gasteiger partial charge in [-0.3, -0.25) is 14.2 Å².